The Morgan fingerprint density at radius 1 is 0.824 bits per heavy atom. The van der Waals surface area contributed by atoms with Crippen LogP contribution in [0.5, 0.6) is 0 Å². The highest BCUT2D eigenvalue weighted by atomic mass is 32.3. The summed E-state index contributed by atoms with van der Waals surface area (Å²) in [5, 5.41) is -6.85. The molecule has 0 aliphatic heterocycles. The van der Waals surface area contributed by atoms with Crippen LogP contribution < -0.4 is 0 Å². The molecule has 0 radical (unpaired) electrons. The van der Waals surface area contributed by atoms with E-state index in [0.29, 0.717) is 0 Å². The SMILES string of the molecule is CC(F)(C(F)(F)F)C(F)(F)C(F)(F)S(=O)(=O)F. The lowest BCUT2D eigenvalue weighted by molar-refractivity contribution is -0.329. The van der Waals surface area contributed by atoms with Crippen LogP contribution in [0.15, 0.2) is 0 Å². The molecule has 0 aromatic rings. The molecular weight excluding hydrogens is 295 g/mol. The van der Waals surface area contributed by atoms with E-state index in [4.69, 9.17) is 0 Å². The Bertz CT molecular complexity index is 392. The van der Waals surface area contributed by atoms with Crippen LogP contribution in [0.2, 0.25) is 0 Å². The number of halogens is 9. The normalized spacial score (nSPS) is 18.9. The Hall–Kier alpha value is -0.680. The third kappa shape index (κ3) is 2.18. The lowest BCUT2D eigenvalue weighted by Crippen LogP contribution is -2.63. The molecule has 0 N–H and O–H groups in total. The maximum absolute atomic E-state index is 12.6. The minimum atomic E-state index is -7.43. The van der Waals surface area contributed by atoms with Crippen LogP contribution in [0, 0.1) is 0 Å². The van der Waals surface area contributed by atoms with Crippen LogP contribution in [0.3, 0.4) is 0 Å². The Morgan fingerprint density at radius 2 is 1.12 bits per heavy atom. The second-order valence-electron chi connectivity index (χ2n) is 3.03. The minimum Gasteiger partial charge on any atom is -0.227 e. The van der Waals surface area contributed by atoms with Crippen molar-refractivity contribution in [3.8, 4) is 0 Å². The van der Waals surface area contributed by atoms with Gasteiger partial charge in [-0.25, -0.2) is 4.39 Å². The van der Waals surface area contributed by atoms with Crippen molar-refractivity contribution in [2.45, 2.75) is 29.9 Å². The standard InChI is InChI=1S/C5H3F9O2S/c1-2(6,4(9,10)11)3(7,8)5(12,13)17(14,15)16/h1H3. The van der Waals surface area contributed by atoms with Gasteiger partial charge in [-0.15, -0.1) is 0 Å². The first kappa shape index (κ1) is 16.3. The van der Waals surface area contributed by atoms with Gasteiger partial charge in [0.15, 0.2) is 0 Å². The highest BCUT2D eigenvalue weighted by Gasteiger charge is 2.82. The van der Waals surface area contributed by atoms with Crippen LogP contribution in [0.25, 0.3) is 0 Å². The molecular formula is C5H3F9O2S. The van der Waals surface area contributed by atoms with E-state index in [1.807, 2.05) is 0 Å². The predicted octanol–water partition coefficient (Wildman–Crippen LogP) is 2.80. The molecule has 0 aromatic heterocycles. The fourth-order valence-corrected chi connectivity index (χ4v) is 1.10. The van der Waals surface area contributed by atoms with Crippen LogP contribution in [0.1, 0.15) is 6.92 Å². The molecule has 2 nitrogen and oxygen atoms in total. The zero-order valence-electron chi connectivity index (χ0n) is 7.63. The van der Waals surface area contributed by atoms with Crippen molar-refractivity contribution in [2.24, 2.45) is 0 Å². The molecule has 0 aliphatic rings. The molecule has 104 valence electrons. The molecule has 0 fully saturated rings. The van der Waals surface area contributed by atoms with E-state index in [1.54, 1.807) is 0 Å². The average molecular weight is 298 g/mol. The summed E-state index contributed by atoms with van der Waals surface area (Å²) in [6.45, 7) is -1.02. The van der Waals surface area contributed by atoms with Gasteiger partial charge >= 0.3 is 27.6 Å². The summed E-state index contributed by atoms with van der Waals surface area (Å²) in [6.07, 6.45) is -6.52. The monoisotopic (exact) mass is 298 g/mol. The molecule has 17 heavy (non-hydrogen) atoms. The largest absolute Gasteiger partial charge is 0.439 e. The quantitative estimate of drug-likeness (QED) is 0.593. The highest BCUT2D eigenvalue weighted by Crippen LogP contribution is 2.53. The third-order valence-electron chi connectivity index (χ3n) is 1.79. The first-order chi connectivity index (χ1) is 7.00. The van der Waals surface area contributed by atoms with E-state index in [9.17, 15) is 47.4 Å². The Balaban J connectivity index is 5.91. The van der Waals surface area contributed by atoms with Crippen LogP contribution >= 0.6 is 0 Å². The maximum Gasteiger partial charge on any atom is 0.439 e. The smallest absolute Gasteiger partial charge is 0.227 e. The van der Waals surface area contributed by atoms with Gasteiger partial charge in [-0.05, 0) is 6.92 Å². The fourth-order valence-electron chi connectivity index (χ4n) is 0.604. The molecule has 0 amide bonds. The molecule has 0 heterocycles. The third-order valence-corrected chi connectivity index (χ3v) is 2.66. The van der Waals surface area contributed by atoms with E-state index < -0.39 is 40.2 Å². The number of hydrogen-bond donors (Lipinski definition) is 0. The summed E-state index contributed by atoms with van der Waals surface area (Å²) in [7, 11) is -7.43. The number of hydrogen-bond acceptors (Lipinski definition) is 2. The average Bonchev–Trinajstić information content (AvgIpc) is 1.98. The second-order valence-corrected chi connectivity index (χ2v) is 4.42. The van der Waals surface area contributed by atoms with E-state index >= 15 is 0 Å². The first-order valence-corrected chi connectivity index (χ1v) is 4.84. The van der Waals surface area contributed by atoms with Crippen LogP contribution in [0.4, 0.5) is 39.0 Å². The Kier molecular flexibility index (Phi) is 3.51. The summed E-state index contributed by atoms with van der Waals surface area (Å²) in [5.41, 5.74) is -5.93. The van der Waals surface area contributed by atoms with Gasteiger partial charge in [0.1, 0.15) is 0 Å². The van der Waals surface area contributed by atoms with Gasteiger partial charge in [-0.3, -0.25) is 0 Å². The van der Waals surface area contributed by atoms with Gasteiger partial charge in [0.05, 0.1) is 0 Å². The summed E-state index contributed by atoms with van der Waals surface area (Å²) in [5.74, 6) is -6.83. The molecule has 0 saturated heterocycles. The van der Waals surface area contributed by atoms with Crippen molar-refractivity contribution in [3.05, 3.63) is 0 Å². The molecule has 1 unspecified atom stereocenters. The van der Waals surface area contributed by atoms with E-state index in [0.717, 1.165) is 0 Å². The summed E-state index contributed by atoms with van der Waals surface area (Å²) < 4.78 is 128. The van der Waals surface area contributed by atoms with Crippen LogP contribution in [-0.2, 0) is 10.2 Å². The number of alkyl halides is 8. The molecule has 1 atom stereocenters. The molecule has 0 aromatic carbocycles. The lowest BCUT2D eigenvalue weighted by Gasteiger charge is -2.34. The van der Waals surface area contributed by atoms with Gasteiger partial charge in [0.2, 0.25) is 0 Å². The zero-order chi connectivity index (χ0) is 14.5. The molecule has 0 rings (SSSR count). The topological polar surface area (TPSA) is 34.1 Å². The van der Waals surface area contributed by atoms with Crippen molar-refractivity contribution in [3.63, 3.8) is 0 Å². The highest BCUT2D eigenvalue weighted by molar-refractivity contribution is 7.87. The molecule has 0 saturated carbocycles. The van der Waals surface area contributed by atoms with Gasteiger partial charge in [0, 0.05) is 0 Å². The minimum absolute atomic E-state index is 1.02. The van der Waals surface area contributed by atoms with Crippen molar-refractivity contribution in [2.75, 3.05) is 0 Å². The van der Waals surface area contributed by atoms with E-state index in [-0.39, 0.29) is 0 Å². The maximum atomic E-state index is 12.6. The lowest BCUT2D eigenvalue weighted by atomic mass is 9.99. The first-order valence-electron chi connectivity index (χ1n) is 3.45. The summed E-state index contributed by atoms with van der Waals surface area (Å²) >= 11 is 0. The van der Waals surface area contributed by atoms with Gasteiger partial charge in [0.25, 0.3) is 5.67 Å². The van der Waals surface area contributed by atoms with Gasteiger partial charge < -0.3 is 0 Å². The van der Waals surface area contributed by atoms with Crippen molar-refractivity contribution < 1.29 is 47.4 Å². The molecule has 0 spiro atoms. The summed E-state index contributed by atoms with van der Waals surface area (Å²) in [4.78, 5) is 0. The molecule has 12 heteroatoms. The van der Waals surface area contributed by atoms with Crippen molar-refractivity contribution >= 4 is 10.2 Å². The van der Waals surface area contributed by atoms with E-state index in [1.165, 1.54) is 0 Å². The van der Waals surface area contributed by atoms with Crippen molar-refractivity contribution in [1.82, 2.24) is 0 Å². The Morgan fingerprint density at radius 3 is 1.29 bits per heavy atom. The molecule has 0 bridgehead atoms. The zero-order valence-corrected chi connectivity index (χ0v) is 8.44. The fraction of sp³-hybridized carbons (Fsp3) is 1.00. The second kappa shape index (κ2) is 3.65. The van der Waals surface area contributed by atoms with Crippen LogP contribution in [-0.4, -0.2) is 31.4 Å². The predicted molar refractivity (Wildman–Crippen MR) is 35.5 cm³/mol. The molecule has 0 aliphatic carbocycles. The van der Waals surface area contributed by atoms with Crippen molar-refractivity contribution in [1.29, 1.82) is 0 Å². The Labute approximate surface area is 88.6 Å². The van der Waals surface area contributed by atoms with Gasteiger partial charge in [-0.1, -0.05) is 3.89 Å². The van der Waals surface area contributed by atoms with Gasteiger partial charge in [-0.2, -0.15) is 39.2 Å². The number of rotatable bonds is 3. The van der Waals surface area contributed by atoms with E-state index in [2.05, 4.69) is 0 Å². The summed E-state index contributed by atoms with van der Waals surface area (Å²) in [6, 6.07) is 0.